The van der Waals surface area contributed by atoms with Crippen molar-refractivity contribution in [2.75, 3.05) is 5.32 Å². The maximum Gasteiger partial charge on any atom is 0.358 e. The van der Waals surface area contributed by atoms with Gasteiger partial charge in [0.05, 0.1) is 5.69 Å². The van der Waals surface area contributed by atoms with Crippen molar-refractivity contribution in [2.24, 2.45) is 0 Å². The Morgan fingerprint density at radius 1 is 1.24 bits per heavy atom. The molecular formula is C11H8BrN3O2. The Morgan fingerprint density at radius 3 is 2.65 bits per heavy atom. The smallest absolute Gasteiger partial charge is 0.358 e. The van der Waals surface area contributed by atoms with E-state index in [1.165, 1.54) is 12.4 Å². The van der Waals surface area contributed by atoms with E-state index in [0.29, 0.717) is 0 Å². The van der Waals surface area contributed by atoms with Crippen LogP contribution in [0.3, 0.4) is 0 Å². The number of rotatable bonds is 3. The number of carboxylic acid groups (broad SMARTS) is 1. The molecule has 0 atom stereocenters. The topological polar surface area (TPSA) is 75.1 Å². The average molecular weight is 294 g/mol. The van der Waals surface area contributed by atoms with Crippen LogP contribution in [0.1, 0.15) is 10.5 Å². The summed E-state index contributed by atoms with van der Waals surface area (Å²) < 4.78 is 0.821. The van der Waals surface area contributed by atoms with E-state index in [9.17, 15) is 4.79 Å². The first-order valence-corrected chi connectivity index (χ1v) is 5.53. The van der Waals surface area contributed by atoms with Gasteiger partial charge in [0.25, 0.3) is 0 Å². The zero-order chi connectivity index (χ0) is 12.3. The van der Waals surface area contributed by atoms with Crippen molar-refractivity contribution in [3.63, 3.8) is 0 Å². The minimum absolute atomic E-state index is 0.108. The summed E-state index contributed by atoms with van der Waals surface area (Å²) in [5.41, 5.74) is 0.624. The number of anilines is 2. The normalized spacial score (nSPS) is 9.94. The lowest BCUT2D eigenvalue weighted by Gasteiger charge is -2.08. The van der Waals surface area contributed by atoms with Crippen LogP contribution in [0.4, 0.5) is 11.5 Å². The standard InChI is InChI=1S/C11H8BrN3O2/c12-7-3-1-2-4-8(7)15-10-9(11(16)17)13-5-6-14-10/h1-6H,(H,14,15)(H,16,17). The van der Waals surface area contributed by atoms with Gasteiger partial charge in [-0.3, -0.25) is 0 Å². The highest BCUT2D eigenvalue weighted by atomic mass is 79.9. The van der Waals surface area contributed by atoms with Crippen LogP contribution in [-0.2, 0) is 0 Å². The van der Waals surface area contributed by atoms with Gasteiger partial charge in [-0.15, -0.1) is 0 Å². The predicted molar refractivity (Wildman–Crippen MR) is 66.4 cm³/mol. The molecule has 6 heteroatoms. The van der Waals surface area contributed by atoms with Crippen LogP contribution in [0.2, 0.25) is 0 Å². The van der Waals surface area contributed by atoms with Gasteiger partial charge in [-0.05, 0) is 28.1 Å². The van der Waals surface area contributed by atoms with Crippen molar-refractivity contribution in [1.29, 1.82) is 0 Å². The van der Waals surface area contributed by atoms with Gasteiger partial charge in [0.1, 0.15) is 0 Å². The largest absolute Gasteiger partial charge is 0.476 e. The van der Waals surface area contributed by atoms with Gasteiger partial charge in [-0.25, -0.2) is 14.8 Å². The van der Waals surface area contributed by atoms with Crippen LogP contribution in [-0.4, -0.2) is 21.0 Å². The van der Waals surface area contributed by atoms with Crippen molar-refractivity contribution in [3.05, 3.63) is 46.8 Å². The van der Waals surface area contributed by atoms with E-state index in [-0.39, 0.29) is 11.5 Å². The number of hydrogen-bond donors (Lipinski definition) is 2. The van der Waals surface area contributed by atoms with Gasteiger partial charge >= 0.3 is 5.97 Å². The van der Waals surface area contributed by atoms with E-state index < -0.39 is 5.97 Å². The van der Waals surface area contributed by atoms with Crippen LogP contribution in [0.5, 0.6) is 0 Å². The van der Waals surface area contributed by atoms with Gasteiger partial charge in [0, 0.05) is 16.9 Å². The van der Waals surface area contributed by atoms with Gasteiger partial charge in [-0.1, -0.05) is 12.1 Å². The summed E-state index contributed by atoms with van der Waals surface area (Å²) >= 11 is 3.36. The third-order valence-electron chi connectivity index (χ3n) is 2.03. The molecule has 0 radical (unpaired) electrons. The first kappa shape index (κ1) is 11.5. The fourth-order valence-electron chi connectivity index (χ4n) is 1.28. The SMILES string of the molecule is O=C(O)c1nccnc1Nc1ccccc1Br. The number of para-hydroxylation sites is 1. The van der Waals surface area contributed by atoms with Crippen LogP contribution < -0.4 is 5.32 Å². The Hall–Kier alpha value is -1.95. The highest BCUT2D eigenvalue weighted by Crippen LogP contribution is 2.25. The van der Waals surface area contributed by atoms with Gasteiger partial charge in [0.2, 0.25) is 0 Å². The van der Waals surface area contributed by atoms with E-state index in [0.717, 1.165) is 10.2 Å². The molecule has 0 amide bonds. The molecule has 0 fully saturated rings. The van der Waals surface area contributed by atoms with Crippen molar-refractivity contribution < 1.29 is 9.90 Å². The second-order valence-electron chi connectivity index (χ2n) is 3.16. The molecule has 2 N–H and O–H groups in total. The van der Waals surface area contributed by atoms with Gasteiger partial charge in [-0.2, -0.15) is 0 Å². The van der Waals surface area contributed by atoms with Gasteiger partial charge in [0.15, 0.2) is 11.5 Å². The summed E-state index contributed by atoms with van der Waals surface area (Å²) in [6, 6.07) is 7.36. The van der Waals surface area contributed by atoms with Crippen molar-refractivity contribution in [2.45, 2.75) is 0 Å². The lowest BCUT2D eigenvalue weighted by molar-refractivity contribution is 0.0691. The summed E-state index contributed by atoms with van der Waals surface area (Å²) in [4.78, 5) is 18.7. The second kappa shape index (κ2) is 4.92. The quantitative estimate of drug-likeness (QED) is 0.910. The molecule has 0 saturated heterocycles. The van der Waals surface area contributed by atoms with Crippen LogP contribution >= 0.6 is 15.9 Å². The van der Waals surface area contributed by atoms with E-state index in [1.54, 1.807) is 0 Å². The molecule has 5 nitrogen and oxygen atoms in total. The molecule has 17 heavy (non-hydrogen) atoms. The minimum atomic E-state index is -1.12. The lowest BCUT2D eigenvalue weighted by Crippen LogP contribution is -2.07. The summed E-state index contributed by atoms with van der Waals surface area (Å²) in [6.45, 7) is 0. The number of nitrogens with zero attached hydrogens (tertiary/aromatic N) is 2. The number of hydrogen-bond acceptors (Lipinski definition) is 4. The summed E-state index contributed by atoms with van der Waals surface area (Å²) in [5.74, 6) is -0.903. The highest BCUT2D eigenvalue weighted by molar-refractivity contribution is 9.10. The number of aromatic carboxylic acids is 1. The fraction of sp³-hybridized carbons (Fsp3) is 0. The molecule has 1 heterocycles. The first-order valence-electron chi connectivity index (χ1n) is 4.74. The number of benzene rings is 1. The minimum Gasteiger partial charge on any atom is -0.476 e. The zero-order valence-corrected chi connectivity index (χ0v) is 10.2. The fourth-order valence-corrected chi connectivity index (χ4v) is 1.66. The molecule has 2 rings (SSSR count). The Balaban J connectivity index is 2.37. The molecule has 0 unspecified atom stereocenters. The summed E-state index contributed by atoms with van der Waals surface area (Å²) in [5, 5.41) is 11.9. The van der Waals surface area contributed by atoms with Crippen LogP contribution in [0, 0.1) is 0 Å². The Kier molecular flexibility index (Phi) is 3.34. The molecule has 0 aliphatic carbocycles. The Bertz CT molecular complexity index is 560. The first-order chi connectivity index (χ1) is 8.18. The Morgan fingerprint density at radius 2 is 1.94 bits per heavy atom. The van der Waals surface area contributed by atoms with Crippen LogP contribution in [0.15, 0.2) is 41.1 Å². The molecule has 86 valence electrons. The van der Waals surface area contributed by atoms with E-state index in [4.69, 9.17) is 5.11 Å². The van der Waals surface area contributed by atoms with Crippen molar-refractivity contribution >= 4 is 33.4 Å². The van der Waals surface area contributed by atoms with Crippen molar-refractivity contribution in [1.82, 2.24) is 9.97 Å². The van der Waals surface area contributed by atoms with E-state index in [2.05, 4.69) is 31.2 Å². The predicted octanol–water partition coefficient (Wildman–Crippen LogP) is 2.68. The van der Waals surface area contributed by atoms with Gasteiger partial charge < -0.3 is 10.4 Å². The maximum absolute atomic E-state index is 10.9. The average Bonchev–Trinajstić information content (AvgIpc) is 2.32. The molecule has 1 aromatic heterocycles. The molecule has 2 aromatic rings. The molecule has 0 spiro atoms. The molecule has 0 saturated carbocycles. The van der Waals surface area contributed by atoms with Crippen LogP contribution in [0.25, 0.3) is 0 Å². The highest BCUT2D eigenvalue weighted by Gasteiger charge is 2.13. The summed E-state index contributed by atoms with van der Waals surface area (Å²) in [6.07, 6.45) is 2.78. The maximum atomic E-state index is 10.9. The molecule has 0 bridgehead atoms. The van der Waals surface area contributed by atoms with Crippen molar-refractivity contribution in [3.8, 4) is 0 Å². The number of nitrogens with one attached hydrogen (secondary N) is 1. The third-order valence-corrected chi connectivity index (χ3v) is 2.72. The molecule has 0 aliphatic heterocycles. The Labute approximate surface area is 106 Å². The lowest BCUT2D eigenvalue weighted by atomic mass is 10.3. The number of carboxylic acids is 1. The molecular weight excluding hydrogens is 286 g/mol. The summed E-state index contributed by atoms with van der Waals surface area (Å²) in [7, 11) is 0. The van der Waals surface area contributed by atoms with E-state index in [1.807, 2.05) is 24.3 Å². The second-order valence-corrected chi connectivity index (χ2v) is 4.02. The monoisotopic (exact) mass is 293 g/mol. The molecule has 1 aromatic carbocycles. The number of aromatic nitrogens is 2. The molecule has 0 aliphatic rings. The number of carbonyl (C=O) groups is 1. The third kappa shape index (κ3) is 2.59. The van der Waals surface area contributed by atoms with E-state index >= 15 is 0 Å². The zero-order valence-electron chi connectivity index (χ0n) is 8.59. The number of halogens is 1.